The molecule has 0 aromatic heterocycles. The molecule has 0 N–H and O–H groups in total. The number of nitrogens with zero attached hydrogens (tertiary/aromatic N) is 2. The summed E-state index contributed by atoms with van der Waals surface area (Å²) in [5.41, 5.74) is 6.23. The summed E-state index contributed by atoms with van der Waals surface area (Å²) in [7, 11) is 0. The molecule has 2 aromatic carbocycles. The van der Waals surface area contributed by atoms with Crippen LogP contribution in [0.2, 0.25) is 0 Å². The molecule has 0 bridgehead atoms. The highest BCUT2D eigenvalue weighted by Crippen LogP contribution is 2.44. The Bertz CT molecular complexity index is 769. The predicted molar refractivity (Wildman–Crippen MR) is 102 cm³/mol. The summed E-state index contributed by atoms with van der Waals surface area (Å²) in [6, 6.07) is 14.8. The molecule has 3 heteroatoms. The fourth-order valence-corrected chi connectivity index (χ4v) is 3.71. The standard InChI is InChI=1S/C22H26N2O/c1-16-3-6-19(7-4-16)22(25)24-13-11-23(12-14-24)21-10-5-17(2)15-20(21)18-8-9-18/h3-7,10,15,18H,8-9,11-14H2,1-2H3. The lowest BCUT2D eigenvalue weighted by atomic mass is 10.0. The molecule has 0 atom stereocenters. The quantitative estimate of drug-likeness (QED) is 0.842. The van der Waals surface area contributed by atoms with E-state index >= 15 is 0 Å². The van der Waals surface area contributed by atoms with Crippen molar-refractivity contribution in [2.75, 3.05) is 31.1 Å². The Morgan fingerprint density at radius 3 is 2.16 bits per heavy atom. The number of carbonyl (C=O) groups is 1. The van der Waals surface area contributed by atoms with Crippen molar-refractivity contribution < 1.29 is 4.79 Å². The lowest BCUT2D eigenvalue weighted by molar-refractivity contribution is 0.0747. The maximum atomic E-state index is 12.7. The number of hydrogen-bond donors (Lipinski definition) is 0. The van der Waals surface area contributed by atoms with Gasteiger partial charge in [0.25, 0.3) is 5.91 Å². The van der Waals surface area contributed by atoms with Gasteiger partial charge in [-0.05, 0) is 56.4 Å². The van der Waals surface area contributed by atoms with Crippen molar-refractivity contribution in [2.45, 2.75) is 32.6 Å². The monoisotopic (exact) mass is 334 g/mol. The van der Waals surface area contributed by atoms with Crippen LogP contribution in [-0.4, -0.2) is 37.0 Å². The van der Waals surface area contributed by atoms with Crippen molar-refractivity contribution in [3.05, 3.63) is 64.7 Å². The van der Waals surface area contributed by atoms with E-state index in [1.54, 1.807) is 0 Å². The van der Waals surface area contributed by atoms with Gasteiger partial charge in [-0.1, -0.05) is 35.4 Å². The lowest BCUT2D eigenvalue weighted by Crippen LogP contribution is -2.49. The molecule has 1 heterocycles. The second-order valence-corrected chi connectivity index (χ2v) is 7.48. The Morgan fingerprint density at radius 2 is 1.52 bits per heavy atom. The average Bonchev–Trinajstić information content (AvgIpc) is 3.47. The Balaban J connectivity index is 1.45. The van der Waals surface area contributed by atoms with E-state index in [0.29, 0.717) is 0 Å². The van der Waals surface area contributed by atoms with E-state index in [9.17, 15) is 4.79 Å². The van der Waals surface area contributed by atoms with Crippen LogP contribution >= 0.6 is 0 Å². The van der Waals surface area contributed by atoms with Crippen LogP contribution in [0.15, 0.2) is 42.5 Å². The number of aryl methyl sites for hydroxylation is 2. The van der Waals surface area contributed by atoms with E-state index in [1.165, 1.54) is 35.2 Å². The minimum absolute atomic E-state index is 0.158. The zero-order valence-electron chi connectivity index (χ0n) is 15.2. The van der Waals surface area contributed by atoms with Gasteiger partial charge in [0.15, 0.2) is 0 Å². The van der Waals surface area contributed by atoms with Gasteiger partial charge in [-0.25, -0.2) is 0 Å². The molecule has 4 rings (SSSR count). The first kappa shape index (κ1) is 16.2. The zero-order valence-corrected chi connectivity index (χ0v) is 15.2. The SMILES string of the molecule is Cc1ccc(C(=O)N2CCN(c3ccc(C)cc3C3CC3)CC2)cc1. The van der Waals surface area contributed by atoms with Gasteiger partial charge in [-0.2, -0.15) is 0 Å². The second-order valence-electron chi connectivity index (χ2n) is 7.48. The van der Waals surface area contributed by atoms with Gasteiger partial charge < -0.3 is 9.80 Å². The Labute approximate surface area is 150 Å². The van der Waals surface area contributed by atoms with Crippen LogP contribution in [0.1, 0.15) is 45.8 Å². The van der Waals surface area contributed by atoms with Crippen molar-refractivity contribution in [3.63, 3.8) is 0 Å². The molecular weight excluding hydrogens is 308 g/mol. The zero-order chi connectivity index (χ0) is 17.4. The maximum Gasteiger partial charge on any atom is 0.253 e. The minimum atomic E-state index is 0.158. The molecule has 25 heavy (non-hydrogen) atoms. The van der Waals surface area contributed by atoms with Crippen LogP contribution in [-0.2, 0) is 0 Å². The highest BCUT2D eigenvalue weighted by atomic mass is 16.2. The third-order valence-corrected chi connectivity index (χ3v) is 5.41. The highest BCUT2D eigenvalue weighted by molar-refractivity contribution is 5.94. The molecule has 130 valence electrons. The normalized spacial score (nSPS) is 17.7. The molecule has 2 aromatic rings. The molecule has 2 fully saturated rings. The first-order valence-corrected chi connectivity index (χ1v) is 9.33. The number of amides is 1. The summed E-state index contributed by atoms with van der Waals surface area (Å²) in [5.74, 6) is 0.910. The van der Waals surface area contributed by atoms with Crippen molar-refractivity contribution in [1.29, 1.82) is 0 Å². The van der Waals surface area contributed by atoms with E-state index in [4.69, 9.17) is 0 Å². The fourth-order valence-electron chi connectivity index (χ4n) is 3.71. The Kier molecular flexibility index (Phi) is 4.24. The molecule has 0 spiro atoms. The van der Waals surface area contributed by atoms with Crippen LogP contribution in [0.5, 0.6) is 0 Å². The number of anilines is 1. The molecular formula is C22H26N2O. The van der Waals surface area contributed by atoms with Crippen LogP contribution in [0.3, 0.4) is 0 Å². The molecule has 3 nitrogen and oxygen atoms in total. The minimum Gasteiger partial charge on any atom is -0.368 e. The third kappa shape index (κ3) is 3.41. The molecule has 0 unspecified atom stereocenters. The summed E-state index contributed by atoms with van der Waals surface area (Å²) < 4.78 is 0. The summed E-state index contributed by atoms with van der Waals surface area (Å²) in [6.45, 7) is 7.65. The van der Waals surface area contributed by atoms with Gasteiger partial charge in [-0.15, -0.1) is 0 Å². The molecule has 1 saturated carbocycles. The van der Waals surface area contributed by atoms with Crippen LogP contribution in [0.25, 0.3) is 0 Å². The van der Waals surface area contributed by atoms with Gasteiger partial charge in [-0.3, -0.25) is 4.79 Å². The maximum absolute atomic E-state index is 12.7. The van der Waals surface area contributed by atoms with Crippen LogP contribution in [0, 0.1) is 13.8 Å². The predicted octanol–water partition coefficient (Wildman–Crippen LogP) is 4.14. The highest BCUT2D eigenvalue weighted by Gasteiger charge is 2.29. The van der Waals surface area contributed by atoms with Gasteiger partial charge in [0, 0.05) is 37.4 Å². The summed E-state index contributed by atoms with van der Waals surface area (Å²) in [5, 5.41) is 0. The summed E-state index contributed by atoms with van der Waals surface area (Å²) in [6.07, 6.45) is 2.64. The van der Waals surface area contributed by atoms with Crippen LogP contribution in [0.4, 0.5) is 5.69 Å². The number of rotatable bonds is 3. The first-order valence-electron chi connectivity index (χ1n) is 9.33. The van der Waals surface area contributed by atoms with E-state index in [1.807, 2.05) is 36.1 Å². The van der Waals surface area contributed by atoms with Crippen molar-refractivity contribution in [3.8, 4) is 0 Å². The average molecular weight is 334 g/mol. The second kappa shape index (κ2) is 6.55. The summed E-state index contributed by atoms with van der Waals surface area (Å²) >= 11 is 0. The number of carbonyl (C=O) groups excluding carboxylic acids is 1. The molecule has 1 aliphatic carbocycles. The first-order chi connectivity index (χ1) is 12.1. The van der Waals surface area contributed by atoms with Gasteiger partial charge in [0.05, 0.1) is 0 Å². The van der Waals surface area contributed by atoms with Crippen molar-refractivity contribution in [1.82, 2.24) is 4.90 Å². The number of piperazine rings is 1. The topological polar surface area (TPSA) is 23.6 Å². The molecule has 0 radical (unpaired) electrons. The van der Waals surface area contributed by atoms with E-state index in [2.05, 4.69) is 30.0 Å². The van der Waals surface area contributed by atoms with Gasteiger partial charge >= 0.3 is 0 Å². The molecule has 2 aliphatic rings. The van der Waals surface area contributed by atoms with Crippen LogP contribution < -0.4 is 4.90 Å². The van der Waals surface area contributed by atoms with Crippen molar-refractivity contribution in [2.24, 2.45) is 0 Å². The van der Waals surface area contributed by atoms with Gasteiger partial charge in [0.1, 0.15) is 0 Å². The van der Waals surface area contributed by atoms with E-state index < -0.39 is 0 Å². The van der Waals surface area contributed by atoms with E-state index in [0.717, 1.165) is 37.7 Å². The molecule has 1 saturated heterocycles. The Morgan fingerprint density at radius 1 is 0.880 bits per heavy atom. The lowest BCUT2D eigenvalue weighted by Gasteiger charge is -2.37. The third-order valence-electron chi connectivity index (χ3n) is 5.41. The summed E-state index contributed by atoms with van der Waals surface area (Å²) in [4.78, 5) is 17.1. The van der Waals surface area contributed by atoms with E-state index in [-0.39, 0.29) is 5.91 Å². The largest absolute Gasteiger partial charge is 0.368 e. The smallest absolute Gasteiger partial charge is 0.253 e. The van der Waals surface area contributed by atoms with Crippen molar-refractivity contribution >= 4 is 11.6 Å². The number of benzene rings is 2. The van der Waals surface area contributed by atoms with Gasteiger partial charge in [0.2, 0.25) is 0 Å². The Hall–Kier alpha value is -2.29. The molecule has 1 aliphatic heterocycles. The molecule has 1 amide bonds. The number of hydrogen-bond acceptors (Lipinski definition) is 2. The fraction of sp³-hybridized carbons (Fsp3) is 0.409.